The third-order valence-corrected chi connectivity index (χ3v) is 5.29. The number of rotatable bonds is 18. The minimum Gasteiger partial charge on any atom is -0.481 e. The number of aliphatic carboxylic acids is 2. The fourth-order valence-corrected chi connectivity index (χ4v) is 3.70. The standard InChI is InChI=1S/C21H39NO5/c23-20(24)13-9-5-1-3-7-11-18(22-19-15-16-27-17-19)12-8-4-2-6-10-14-21(25)26/h18-19,22H,1-17H2,(H,23,24)(H,25,26). The second-order valence-corrected chi connectivity index (χ2v) is 7.82. The van der Waals surface area contributed by atoms with Gasteiger partial charge < -0.3 is 20.3 Å². The van der Waals surface area contributed by atoms with Crippen LogP contribution in [-0.2, 0) is 14.3 Å². The van der Waals surface area contributed by atoms with Crippen molar-refractivity contribution in [1.82, 2.24) is 5.32 Å². The van der Waals surface area contributed by atoms with E-state index in [-0.39, 0.29) is 0 Å². The van der Waals surface area contributed by atoms with Gasteiger partial charge in [-0.15, -0.1) is 0 Å². The molecule has 27 heavy (non-hydrogen) atoms. The number of hydrogen-bond donors (Lipinski definition) is 3. The second kappa shape index (κ2) is 15.9. The highest BCUT2D eigenvalue weighted by Gasteiger charge is 2.19. The molecule has 0 aromatic rings. The number of ether oxygens (including phenoxy) is 1. The third kappa shape index (κ3) is 14.6. The SMILES string of the molecule is O=C(O)CCCCCCCC(CCCCCCCC(=O)O)NC1CCOC1. The van der Waals surface area contributed by atoms with Crippen molar-refractivity contribution in [3.05, 3.63) is 0 Å². The molecule has 0 aromatic heterocycles. The molecule has 1 fully saturated rings. The van der Waals surface area contributed by atoms with E-state index in [1.165, 1.54) is 38.5 Å². The largest absolute Gasteiger partial charge is 0.481 e. The van der Waals surface area contributed by atoms with E-state index in [1.807, 2.05) is 0 Å². The van der Waals surface area contributed by atoms with Crippen LogP contribution in [0.3, 0.4) is 0 Å². The quantitative estimate of drug-likeness (QED) is 0.303. The number of carboxylic acid groups (broad SMARTS) is 2. The fraction of sp³-hybridized carbons (Fsp3) is 0.905. The summed E-state index contributed by atoms with van der Waals surface area (Å²) in [7, 11) is 0. The predicted molar refractivity (Wildman–Crippen MR) is 106 cm³/mol. The van der Waals surface area contributed by atoms with Crippen molar-refractivity contribution in [2.45, 2.75) is 108 Å². The van der Waals surface area contributed by atoms with Crippen LogP contribution in [0.25, 0.3) is 0 Å². The smallest absolute Gasteiger partial charge is 0.303 e. The average molecular weight is 386 g/mol. The van der Waals surface area contributed by atoms with E-state index in [1.54, 1.807) is 0 Å². The van der Waals surface area contributed by atoms with Crippen LogP contribution in [-0.4, -0.2) is 47.4 Å². The first-order valence-electron chi connectivity index (χ1n) is 10.9. The van der Waals surface area contributed by atoms with Gasteiger partial charge in [-0.1, -0.05) is 51.4 Å². The maximum absolute atomic E-state index is 10.5. The lowest BCUT2D eigenvalue weighted by Gasteiger charge is -2.22. The van der Waals surface area contributed by atoms with Crippen LogP contribution in [0.1, 0.15) is 96.3 Å². The molecule has 6 nitrogen and oxygen atoms in total. The molecule has 1 rings (SSSR count). The highest BCUT2D eigenvalue weighted by Crippen LogP contribution is 2.16. The van der Waals surface area contributed by atoms with Crippen molar-refractivity contribution in [3.63, 3.8) is 0 Å². The predicted octanol–water partition coefficient (Wildman–Crippen LogP) is 4.36. The molecule has 1 heterocycles. The van der Waals surface area contributed by atoms with Crippen LogP contribution in [0.5, 0.6) is 0 Å². The molecule has 0 radical (unpaired) electrons. The van der Waals surface area contributed by atoms with Crippen LogP contribution in [0, 0.1) is 0 Å². The number of carbonyl (C=O) groups is 2. The van der Waals surface area contributed by atoms with E-state index in [2.05, 4.69) is 5.32 Å². The van der Waals surface area contributed by atoms with Gasteiger partial charge in [-0.2, -0.15) is 0 Å². The van der Waals surface area contributed by atoms with Gasteiger partial charge in [0, 0.05) is 31.5 Å². The molecule has 1 atom stereocenters. The molecule has 0 aromatic carbocycles. The van der Waals surface area contributed by atoms with Crippen molar-refractivity contribution in [2.75, 3.05) is 13.2 Å². The van der Waals surface area contributed by atoms with Crippen LogP contribution >= 0.6 is 0 Å². The molecule has 0 bridgehead atoms. The minimum atomic E-state index is -0.694. The van der Waals surface area contributed by atoms with E-state index in [0.29, 0.717) is 24.9 Å². The molecule has 3 N–H and O–H groups in total. The summed E-state index contributed by atoms with van der Waals surface area (Å²) >= 11 is 0. The van der Waals surface area contributed by atoms with Gasteiger partial charge in [0.05, 0.1) is 6.61 Å². The van der Waals surface area contributed by atoms with E-state index in [9.17, 15) is 9.59 Å². The molecule has 0 spiro atoms. The number of unbranched alkanes of at least 4 members (excludes halogenated alkanes) is 8. The summed E-state index contributed by atoms with van der Waals surface area (Å²) in [5.41, 5.74) is 0. The van der Waals surface area contributed by atoms with Gasteiger partial charge in [-0.3, -0.25) is 9.59 Å². The number of carboxylic acids is 2. The summed E-state index contributed by atoms with van der Waals surface area (Å²) in [6, 6.07) is 1.02. The zero-order valence-electron chi connectivity index (χ0n) is 16.8. The maximum atomic E-state index is 10.5. The first kappa shape index (κ1) is 23.9. The molecular weight excluding hydrogens is 346 g/mol. The highest BCUT2D eigenvalue weighted by atomic mass is 16.5. The second-order valence-electron chi connectivity index (χ2n) is 7.82. The Balaban J connectivity index is 2.11. The van der Waals surface area contributed by atoms with Gasteiger partial charge in [0.25, 0.3) is 0 Å². The van der Waals surface area contributed by atoms with Crippen LogP contribution < -0.4 is 5.32 Å². The van der Waals surface area contributed by atoms with Crippen molar-refractivity contribution in [3.8, 4) is 0 Å². The molecule has 0 amide bonds. The van der Waals surface area contributed by atoms with Gasteiger partial charge in [-0.05, 0) is 32.1 Å². The summed E-state index contributed by atoms with van der Waals surface area (Å²) in [6.07, 6.45) is 14.6. The Morgan fingerprint density at radius 2 is 1.30 bits per heavy atom. The molecule has 0 saturated carbocycles. The molecule has 158 valence electrons. The lowest BCUT2D eigenvalue weighted by atomic mass is 9.99. The summed E-state index contributed by atoms with van der Waals surface area (Å²) in [4.78, 5) is 21.0. The molecule has 1 saturated heterocycles. The van der Waals surface area contributed by atoms with E-state index < -0.39 is 11.9 Å². The van der Waals surface area contributed by atoms with Crippen molar-refractivity contribution < 1.29 is 24.5 Å². The lowest BCUT2D eigenvalue weighted by Crippen LogP contribution is -2.38. The van der Waals surface area contributed by atoms with Crippen LogP contribution in [0.4, 0.5) is 0 Å². The van der Waals surface area contributed by atoms with Gasteiger partial charge in [-0.25, -0.2) is 0 Å². The Morgan fingerprint density at radius 3 is 1.74 bits per heavy atom. The van der Waals surface area contributed by atoms with E-state index in [4.69, 9.17) is 14.9 Å². The molecular formula is C21H39NO5. The Hall–Kier alpha value is -1.14. The Morgan fingerprint density at radius 1 is 0.815 bits per heavy atom. The van der Waals surface area contributed by atoms with Gasteiger partial charge in [0.15, 0.2) is 0 Å². The van der Waals surface area contributed by atoms with Gasteiger partial charge in [0.2, 0.25) is 0 Å². The van der Waals surface area contributed by atoms with E-state index >= 15 is 0 Å². The number of nitrogens with one attached hydrogen (secondary N) is 1. The summed E-state index contributed by atoms with van der Waals surface area (Å²) in [5.74, 6) is -1.39. The number of hydrogen-bond acceptors (Lipinski definition) is 4. The fourth-order valence-electron chi connectivity index (χ4n) is 3.70. The first-order chi connectivity index (χ1) is 13.1. The molecule has 0 aliphatic carbocycles. The van der Waals surface area contributed by atoms with Gasteiger partial charge in [0.1, 0.15) is 0 Å². The zero-order chi connectivity index (χ0) is 19.7. The van der Waals surface area contributed by atoms with Crippen LogP contribution in [0.2, 0.25) is 0 Å². The molecule has 1 aliphatic heterocycles. The average Bonchev–Trinajstić information content (AvgIpc) is 3.12. The molecule has 6 heteroatoms. The van der Waals surface area contributed by atoms with E-state index in [0.717, 1.165) is 58.2 Å². The normalized spacial score (nSPS) is 16.9. The Bertz CT molecular complexity index is 368. The summed E-state index contributed by atoms with van der Waals surface area (Å²) in [5, 5.41) is 21.1. The van der Waals surface area contributed by atoms with Crippen molar-refractivity contribution in [1.29, 1.82) is 0 Å². The summed E-state index contributed by atoms with van der Waals surface area (Å²) in [6.45, 7) is 1.68. The third-order valence-electron chi connectivity index (χ3n) is 5.29. The minimum absolute atomic E-state index is 0.290. The Kier molecular flexibility index (Phi) is 14.0. The summed E-state index contributed by atoms with van der Waals surface area (Å²) < 4.78 is 5.48. The van der Waals surface area contributed by atoms with Crippen molar-refractivity contribution >= 4 is 11.9 Å². The highest BCUT2D eigenvalue weighted by molar-refractivity contribution is 5.66. The Labute approximate surface area is 164 Å². The first-order valence-corrected chi connectivity index (χ1v) is 10.9. The topological polar surface area (TPSA) is 95.9 Å². The lowest BCUT2D eigenvalue weighted by molar-refractivity contribution is -0.138. The van der Waals surface area contributed by atoms with Crippen molar-refractivity contribution in [2.24, 2.45) is 0 Å². The van der Waals surface area contributed by atoms with Crippen LogP contribution in [0.15, 0.2) is 0 Å². The maximum Gasteiger partial charge on any atom is 0.303 e. The van der Waals surface area contributed by atoms with Gasteiger partial charge >= 0.3 is 11.9 Å². The molecule has 1 unspecified atom stereocenters. The zero-order valence-corrected chi connectivity index (χ0v) is 16.8. The monoisotopic (exact) mass is 385 g/mol. The molecule has 1 aliphatic rings.